The molecule has 3 atom stereocenters. The topological polar surface area (TPSA) is 46.5 Å². The second kappa shape index (κ2) is 6.53. The van der Waals surface area contributed by atoms with Crippen molar-refractivity contribution < 1.29 is 8.42 Å². The normalized spacial score (nSPS) is 26.0. The number of hydrogen-bond donors (Lipinski definition) is 0. The summed E-state index contributed by atoms with van der Waals surface area (Å²) in [7, 11) is -2.31. The van der Waals surface area contributed by atoms with Crippen LogP contribution in [0, 0.1) is 5.92 Å². The molecular formula is C16H23NO2S. The van der Waals surface area contributed by atoms with E-state index in [9.17, 15) is 8.42 Å². The van der Waals surface area contributed by atoms with E-state index in [0.717, 1.165) is 25.7 Å². The molecule has 1 fully saturated rings. The highest BCUT2D eigenvalue weighted by molar-refractivity contribution is 7.61. The number of nitrogens with zero attached hydrogens (tertiary/aromatic N) is 1. The highest BCUT2D eigenvalue weighted by atomic mass is 32.2. The first-order valence-electron chi connectivity index (χ1n) is 7.44. The van der Waals surface area contributed by atoms with Crippen molar-refractivity contribution >= 4 is 10.5 Å². The highest BCUT2D eigenvalue weighted by Gasteiger charge is 2.55. The summed E-state index contributed by atoms with van der Waals surface area (Å²) >= 11 is 0. The minimum absolute atomic E-state index is 0.276. The molecule has 1 aromatic carbocycles. The van der Waals surface area contributed by atoms with Gasteiger partial charge in [-0.2, -0.15) is 12.8 Å². The van der Waals surface area contributed by atoms with Crippen LogP contribution < -0.4 is 0 Å². The van der Waals surface area contributed by atoms with Gasteiger partial charge in [0.2, 0.25) is 0 Å². The summed E-state index contributed by atoms with van der Waals surface area (Å²) in [6, 6.07) is 10.1. The molecule has 0 radical (unpaired) electrons. The molecule has 0 aromatic heterocycles. The van der Waals surface area contributed by atoms with Crippen LogP contribution in [-0.2, 0) is 10.5 Å². The zero-order valence-electron chi connectivity index (χ0n) is 12.2. The molecule has 0 bridgehead atoms. The van der Waals surface area contributed by atoms with Crippen LogP contribution in [0.4, 0.5) is 0 Å². The summed E-state index contributed by atoms with van der Waals surface area (Å²) in [4.78, 5) is 0. The van der Waals surface area contributed by atoms with Crippen LogP contribution in [0.15, 0.2) is 34.7 Å². The lowest BCUT2D eigenvalue weighted by Crippen LogP contribution is -2.09. The summed E-state index contributed by atoms with van der Waals surface area (Å²) in [5.41, 5.74) is 0.853. The Hall–Kier alpha value is -1.16. The van der Waals surface area contributed by atoms with Crippen LogP contribution in [-0.4, -0.2) is 14.0 Å². The van der Waals surface area contributed by atoms with Crippen LogP contribution in [0.1, 0.15) is 57.4 Å². The fraction of sp³-hybridized carbons (Fsp3) is 0.625. The summed E-state index contributed by atoms with van der Waals surface area (Å²) < 4.78 is 26.1. The maximum Gasteiger partial charge on any atom is 0.311 e. The molecule has 1 saturated carbocycles. The molecular weight excluding hydrogens is 270 g/mol. The first kappa shape index (κ1) is 15.2. The monoisotopic (exact) mass is 293 g/mol. The van der Waals surface area contributed by atoms with Gasteiger partial charge in [0, 0.05) is 5.92 Å². The molecule has 20 heavy (non-hydrogen) atoms. The van der Waals surface area contributed by atoms with Crippen molar-refractivity contribution in [3.63, 3.8) is 0 Å². The Labute approximate surface area is 123 Å². The molecule has 0 N–H and O–H groups in total. The number of rotatable bonds is 7. The minimum Gasteiger partial charge on any atom is -0.164 e. The number of hydrogen-bond acceptors (Lipinski definition) is 3. The van der Waals surface area contributed by atoms with Crippen molar-refractivity contribution in [3.8, 4) is 0 Å². The Morgan fingerprint density at radius 1 is 1.35 bits per heavy atom. The Bertz CT molecular complexity index is 559. The van der Waals surface area contributed by atoms with Crippen molar-refractivity contribution in [2.75, 3.05) is 0 Å². The minimum atomic E-state index is -2.31. The Balaban J connectivity index is 2.05. The van der Waals surface area contributed by atoms with E-state index in [2.05, 4.69) is 30.3 Å². The predicted molar refractivity (Wildman–Crippen MR) is 81.2 cm³/mol. The van der Waals surface area contributed by atoms with Crippen LogP contribution in [0.5, 0.6) is 0 Å². The van der Waals surface area contributed by atoms with Crippen molar-refractivity contribution in [2.45, 2.75) is 57.4 Å². The largest absolute Gasteiger partial charge is 0.311 e. The molecule has 1 aromatic rings. The fourth-order valence-electron chi connectivity index (χ4n) is 2.94. The Morgan fingerprint density at radius 2 is 2.05 bits per heavy atom. The molecule has 0 heterocycles. The zero-order chi connectivity index (χ0) is 14.6. The van der Waals surface area contributed by atoms with Crippen LogP contribution in [0.3, 0.4) is 0 Å². The van der Waals surface area contributed by atoms with E-state index in [1.54, 1.807) is 0 Å². The van der Waals surface area contributed by atoms with E-state index in [-0.39, 0.29) is 11.5 Å². The summed E-state index contributed by atoms with van der Waals surface area (Å²) in [6.45, 7) is 4.44. The first-order chi connectivity index (χ1) is 9.57. The van der Waals surface area contributed by atoms with Gasteiger partial charge in [0.15, 0.2) is 0 Å². The standard InChI is InChI=1S/C16H23NO2S/c1-3-13(2)8-7-11-16(17-20(18)19)12-15(16)14-9-5-4-6-10-14/h4-6,9-10,13,15H,3,7-8,11-12H2,1-2H3. The van der Waals surface area contributed by atoms with Crippen LogP contribution >= 0.6 is 0 Å². The molecule has 1 aliphatic carbocycles. The molecule has 3 nitrogen and oxygen atoms in total. The van der Waals surface area contributed by atoms with Gasteiger partial charge in [-0.25, -0.2) is 0 Å². The quantitative estimate of drug-likeness (QED) is 0.756. The van der Waals surface area contributed by atoms with Gasteiger partial charge in [0.1, 0.15) is 0 Å². The van der Waals surface area contributed by atoms with E-state index in [0.29, 0.717) is 5.92 Å². The Morgan fingerprint density at radius 3 is 2.65 bits per heavy atom. The zero-order valence-corrected chi connectivity index (χ0v) is 13.1. The van der Waals surface area contributed by atoms with Gasteiger partial charge in [-0.1, -0.05) is 63.4 Å². The summed E-state index contributed by atoms with van der Waals surface area (Å²) in [6.07, 6.45) is 5.13. The third kappa shape index (κ3) is 3.69. The lowest BCUT2D eigenvalue weighted by molar-refractivity contribution is 0.453. The number of benzene rings is 1. The van der Waals surface area contributed by atoms with Gasteiger partial charge in [0.25, 0.3) is 0 Å². The third-order valence-corrected chi connectivity index (χ3v) is 5.02. The maximum absolute atomic E-state index is 11.0. The maximum atomic E-state index is 11.0. The smallest absolute Gasteiger partial charge is 0.164 e. The molecule has 0 aliphatic heterocycles. The van der Waals surface area contributed by atoms with Gasteiger partial charge >= 0.3 is 10.5 Å². The van der Waals surface area contributed by atoms with Gasteiger partial charge < -0.3 is 0 Å². The molecule has 0 amide bonds. The fourth-order valence-corrected chi connectivity index (χ4v) is 3.53. The van der Waals surface area contributed by atoms with Crippen LogP contribution in [0.2, 0.25) is 0 Å². The van der Waals surface area contributed by atoms with E-state index >= 15 is 0 Å². The van der Waals surface area contributed by atoms with Gasteiger partial charge in [-0.3, -0.25) is 0 Å². The molecule has 2 rings (SSSR count). The summed E-state index contributed by atoms with van der Waals surface area (Å²) in [5.74, 6) is 0.984. The van der Waals surface area contributed by atoms with Gasteiger partial charge in [-0.15, -0.1) is 0 Å². The second-order valence-corrected chi connectivity index (χ2v) is 6.60. The van der Waals surface area contributed by atoms with E-state index in [4.69, 9.17) is 0 Å². The molecule has 3 unspecified atom stereocenters. The van der Waals surface area contributed by atoms with Crippen molar-refractivity contribution in [2.24, 2.45) is 10.3 Å². The summed E-state index contributed by atoms with van der Waals surface area (Å²) in [5, 5.41) is 0. The Kier molecular flexibility index (Phi) is 4.97. The first-order valence-corrected chi connectivity index (χ1v) is 8.48. The van der Waals surface area contributed by atoms with Crippen molar-refractivity contribution in [1.82, 2.24) is 0 Å². The average Bonchev–Trinajstić information content (AvgIpc) is 3.13. The molecule has 0 saturated heterocycles. The highest BCUT2D eigenvalue weighted by Crippen LogP contribution is 2.57. The third-order valence-electron chi connectivity index (χ3n) is 4.51. The van der Waals surface area contributed by atoms with Gasteiger partial charge in [0.05, 0.1) is 5.54 Å². The van der Waals surface area contributed by atoms with Crippen molar-refractivity contribution in [1.29, 1.82) is 0 Å². The molecule has 110 valence electrons. The predicted octanol–water partition coefficient (Wildman–Crippen LogP) is 4.19. The average molecular weight is 293 g/mol. The van der Waals surface area contributed by atoms with E-state index < -0.39 is 10.5 Å². The van der Waals surface area contributed by atoms with E-state index in [1.807, 2.05) is 18.2 Å². The van der Waals surface area contributed by atoms with Crippen LogP contribution in [0.25, 0.3) is 0 Å². The lowest BCUT2D eigenvalue weighted by Gasteiger charge is -2.12. The van der Waals surface area contributed by atoms with Crippen molar-refractivity contribution in [3.05, 3.63) is 35.9 Å². The van der Waals surface area contributed by atoms with Gasteiger partial charge in [-0.05, 0) is 24.3 Å². The molecule has 4 heteroatoms. The molecule has 0 spiro atoms. The van der Waals surface area contributed by atoms with E-state index in [1.165, 1.54) is 12.0 Å². The SMILES string of the molecule is CCC(C)CCCC1(N=S(=O)=O)CC1c1ccccc1. The second-order valence-electron chi connectivity index (χ2n) is 5.99. The molecule has 1 aliphatic rings. The lowest BCUT2D eigenvalue weighted by atomic mass is 9.96.